The van der Waals surface area contributed by atoms with Crippen LogP contribution in [0.15, 0.2) is 35.9 Å². The summed E-state index contributed by atoms with van der Waals surface area (Å²) in [6, 6.07) is 10.4. The van der Waals surface area contributed by atoms with Crippen LogP contribution in [-0.2, 0) is 9.53 Å². The van der Waals surface area contributed by atoms with Crippen molar-refractivity contribution in [2.45, 2.75) is 117 Å². The van der Waals surface area contributed by atoms with Gasteiger partial charge in [0.05, 0.1) is 6.61 Å². The molecule has 0 radical (unpaired) electrons. The van der Waals surface area contributed by atoms with E-state index in [0.29, 0.717) is 6.61 Å². The fraction of sp³-hybridized carbons (Fsp3) is 0.679. The molecule has 0 bridgehead atoms. The second kappa shape index (κ2) is 18.2. The summed E-state index contributed by atoms with van der Waals surface area (Å²) in [6.45, 7) is 6.99. The average Bonchev–Trinajstić information content (AvgIpc) is 2.77. The summed E-state index contributed by atoms with van der Waals surface area (Å²) in [4.78, 5) is 12.7. The number of carbonyl (C=O) groups is 1. The van der Waals surface area contributed by atoms with Gasteiger partial charge in [0.15, 0.2) is 0 Å². The fourth-order valence-electron chi connectivity index (χ4n) is 3.90. The van der Waals surface area contributed by atoms with Gasteiger partial charge >= 0.3 is 5.97 Å². The maximum Gasteiger partial charge on any atom is 0.334 e. The topological polar surface area (TPSA) is 26.3 Å². The summed E-state index contributed by atoms with van der Waals surface area (Å²) in [5, 5.41) is 0. The van der Waals surface area contributed by atoms with Gasteiger partial charge in [-0.15, -0.1) is 0 Å². The molecule has 0 atom stereocenters. The van der Waals surface area contributed by atoms with Crippen LogP contribution >= 0.6 is 0 Å². The Kier molecular flexibility index (Phi) is 16.1. The van der Waals surface area contributed by atoms with Crippen molar-refractivity contribution < 1.29 is 9.53 Å². The van der Waals surface area contributed by atoms with Gasteiger partial charge in [-0.05, 0) is 37.3 Å². The molecule has 0 saturated carbocycles. The molecule has 0 unspecified atom stereocenters. The first-order valence-electron chi connectivity index (χ1n) is 12.6. The van der Waals surface area contributed by atoms with E-state index in [4.69, 9.17) is 4.74 Å². The predicted octanol–water partition coefficient (Wildman–Crippen LogP) is 8.89. The van der Waals surface area contributed by atoms with Crippen LogP contribution in [0.4, 0.5) is 0 Å². The van der Waals surface area contributed by atoms with Crippen molar-refractivity contribution >= 4 is 11.5 Å². The lowest BCUT2D eigenvalue weighted by atomic mass is 9.95. The quantitative estimate of drug-likeness (QED) is 0.136. The van der Waals surface area contributed by atoms with E-state index in [2.05, 4.69) is 38.1 Å². The van der Waals surface area contributed by atoms with Gasteiger partial charge < -0.3 is 4.74 Å². The smallest absolute Gasteiger partial charge is 0.334 e. The summed E-state index contributed by atoms with van der Waals surface area (Å²) in [6.07, 6.45) is 18.6. The third kappa shape index (κ3) is 12.2. The number of carbonyl (C=O) groups excluding carboxylic acids is 1. The highest BCUT2D eigenvalue weighted by atomic mass is 16.5. The van der Waals surface area contributed by atoms with Crippen LogP contribution in [0.25, 0.3) is 5.57 Å². The molecule has 0 heterocycles. The lowest BCUT2D eigenvalue weighted by molar-refractivity contribution is -0.139. The first-order chi connectivity index (χ1) is 14.7. The molecular formula is C28H46O2. The maximum atomic E-state index is 12.7. The zero-order chi connectivity index (χ0) is 21.9. The number of esters is 1. The number of benzene rings is 1. The highest BCUT2D eigenvalue weighted by Crippen LogP contribution is 2.26. The zero-order valence-electron chi connectivity index (χ0n) is 20.0. The van der Waals surface area contributed by atoms with Gasteiger partial charge in [0.2, 0.25) is 0 Å². The Morgan fingerprint density at radius 3 is 1.77 bits per heavy atom. The predicted molar refractivity (Wildman–Crippen MR) is 131 cm³/mol. The number of hydrogen-bond donors (Lipinski definition) is 0. The van der Waals surface area contributed by atoms with Gasteiger partial charge in [0, 0.05) is 5.57 Å². The summed E-state index contributed by atoms with van der Waals surface area (Å²) in [5.74, 6) is -0.136. The van der Waals surface area contributed by atoms with Gasteiger partial charge in [-0.1, -0.05) is 121 Å². The second-order valence-electron chi connectivity index (χ2n) is 8.60. The van der Waals surface area contributed by atoms with E-state index in [9.17, 15) is 4.79 Å². The molecule has 0 aliphatic heterocycles. The summed E-state index contributed by atoms with van der Waals surface area (Å²) in [7, 11) is 0. The molecule has 2 heteroatoms. The monoisotopic (exact) mass is 414 g/mol. The first kappa shape index (κ1) is 26.5. The number of rotatable bonds is 18. The number of hydrogen-bond acceptors (Lipinski definition) is 2. The molecule has 0 aliphatic carbocycles. The Morgan fingerprint density at radius 2 is 1.20 bits per heavy atom. The minimum atomic E-state index is -0.136. The molecule has 30 heavy (non-hydrogen) atoms. The first-order valence-corrected chi connectivity index (χ1v) is 12.6. The van der Waals surface area contributed by atoms with Gasteiger partial charge in [-0.2, -0.15) is 0 Å². The Bertz CT molecular complexity index is 574. The molecule has 0 saturated heterocycles. The van der Waals surface area contributed by atoms with E-state index >= 15 is 0 Å². The van der Waals surface area contributed by atoms with E-state index in [1.54, 1.807) is 0 Å². The zero-order valence-corrected chi connectivity index (χ0v) is 20.0. The van der Waals surface area contributed by atoms with Gasteiger partial charge in [-0.3, -0.25) is 0 Å². The number of ether oxygens (including phenoxy) is 1. The van der Waals surface area contributed by atoms with Crippen molar-refractivity contribution in [3.05, 3.63) is 41.5 Å². The molecule has 1 aromatic rings. The van der Waals surface area contributed by atoms with Crippen molar-refractivity contribution in [1.29, 1.82) is 0 Å². The van der Waals surface area contributed by atoms with Crippen LogP contribution < -0.4 is 0 Å². The van der Waals surface area contributed by atoms with Crippen LogP contribution in [0.1, 0.15) is 123 Å². The summed E-state index contributed by atoms with van der Waals surface area (Å²) < 4.78 is 5.61. The second-order valence-corrected chi connectivity index (χ2v) is 8.60. The minimum absolute atomic E-state index is 0.136. The SMILES string of the molecule is CCCCCCCCCOC(=O)C(C)=C(CCCCCCCCC)c1ccccc1. The van der Waals surface area contributed by atoms with Crippen molar-refractivity contribution in [1.82, 2.24) is 0 Å². The van der Waals surface area contributed by atoms with Crippen LogP contribution in [0.5, 0.6) is 0 Å². The molecule has 0 N–H and O–H groups in total. The largest absolute Gasteiger partial charge is 0.462 e. The molecule has 1 rings (SSSR count). The Hall–Kier alpha value is -1.57. The van der Waals surface area contributed by atoms with Gasteiger partial charge in [0.25, 0.3) is 0 Å². The average molecular weight is 415 g/mol. The van der Waals surface area contributed by atoms with Crippen LogP contribution in [-0.4, -0.2) is 12.6 Å². The normalized spacial score (nSPS) is 12.0. The standard InChI is InChI=1S/C28H46O2/c1-4-6-8-10-12-14-19-23-27(26-21-17-16-18-22-26)25(3)28(29)30-24-20-15-13-11-9-7-5-2/h16-18,21-22H,4-15,19-20,23-24H2,1-3H3. The fourth-order valence-corrected chi connectivity index (χ4v) is 3.90. The highest BCUT2D eigenvalue weighted by molar-refractivity contribution is 5.97. The number of allylic oxidation sites excluding steroid dienone is 1. The van der Waals surface area contributed by atoms with Crippen LogP contribution in [0, 0.1) is 0 Å². The van der Waals surface area contributed by atoms with Crippen molar-refractivity contribution in [2.24, 2.45) is 0 Å². The molecule has 2 nitrogen and oxygen atoms in total. The van der Waals surface area contributed by atoms with Gasteiger partial charge in [-0.25, -0.2) is 4.79 Å². The van der Waals surface area contributed by atoms with E-state index in [0.717, 1.165) is 42.4 Å². The van der Waals surface area contributed by atoms with Crippen molar-refractivity contribution in [3.8, 4) is 0 Å². The van der Waals surface area contributed by atoms with Crippen LogP contribution in [0.2, 0.25) is 0 Å². The highest BCUT2D eigenvalue weighted by Gasteiger charge is 2.14. The molecule has 0 amide bonds. The van der Waals surface area contributed by atoms with Crippen molar-refractivity contribution in [2.75, 3.05) is 6.61 Å². The third-order valence-corrected chi connectivity index (χ3v) is 5.89. The third-order valence-electron chi connectivity index (χ3n) is 5.89. The molecular weight excluding hydrogens is 368 g/mol. The Balaban J connectivity index is 2.47. The molecule has 1 aromatic carbocycles. The van der Waals surface area contributed by atoms with E-state index in [-0.39, 0.29) is 5.97 Å². The molecule has 0 spiro atoms. The summed E-state index contributed by atoms with van der Waals surface area (Å²) in [5.41, 5.74) is 3.11. The lowest BCUT2D eigenvalue weighted by Crippen LogP contribution is -2.09. The Labute approximate surface area is 186 Å². The van der Waals surface area contributed by atoms with Crippen LogP contribution in [0.3, 0.4) is 0 Å². The molecule has 0 fully saturated rings. The molecule has 0 aromatic heterocycles. The van der Waals surface area contributed by atoms with E-state index < -0.39 is 0 Å². The summed E-state index contributed by atoms with van der Waals surface area (Å²) >= 11 is 0. The minimum Gasteiger partial charge on any atom is -0.462 e. The molecule has 170 valence electrons. The lowest BCUT2D eigenvalue weighted by Gasteiger charge is -2.13. The molecule has 0 aliphatic rings. The van der Waals surface area contributed by atoms with E-state index in [1.165, 1.54) is 70.6 Å². The van der Waals surface area contributed by atoms with E-state index in [1.807, 2.05) is 13.0 Å². The van der Waals surface area contributed by atoms with Crippen molar-refractivity contribution in [3.63, 3.8) is 0 Å². The van der Waals surface area contributed by atoms with Gasteiger partial charge in [0.1, 0.15) is 0 Å². The maximum absolute atomic E-state index is 12.7. The Morgan fingerprint density at radius 1 is 0.700 bits per heavy atom. The number of unbranched alkanes of at least 4 members (excludes halogenated alkanes) is 12.